The number of carboxylic acid groups (broad SMARTS) is 1. The molecule has 1 aromatic rings. The lowest BCUT2D eigenvalue weighted by molar-refractivity contribution is -0.148. The maximum atomic E-state index is 11.8. The first-order valence-corrected chi connectivity index (χ1v) is 5.12. The second kappa shape index (κ2) is 4.50. The molecule has 0 aromatic carbocycles. The maximum Gasteiger partial charge on any atom is 0.326 e. The van der Waals surface area contributed by atoms with Crippen LogP contribution in [0.15, 0.2) is 12.4 Å². The van der Waals surface area contributed by atoms with Crippen LogP contribution in [0.4, 0.5) is 0 Å². The van der Waals surface area contributed by atoms with Gasteiger partial charge in [0.1, 0.15) is 12.6 Å². The lowest BCUT2D eigenvalue weighted by Gasteiger charge is -2.20. The number of rotatable bonds is 3. The van der Waals surface area contributed by atoms with Crippen molar-refractivity contribution in [1.29, 1.82) is 0 Å². The van der Waals surface area contributed by atoms with E-state index < -0.39 is 18.1 Å². The van der Waals surface area contributed by atoms with E-state index in [1.807, 2.05) is 0 Å². The molecule has 1 aromatic heterocycles. The van der Waals surface area contributed by atoms with Gasteiger partial charge in [-0.2, -0.15) is 0 Å². The van der Waals surface area contributed by atoms with Crippen LogP contribution in [-0.2, 0) is 16.1 Å². The van der Waals surface area contributed by atoms with E-state index in [2.05, 4.69) is 10.3 Å². The molecule has 1 aliphatic heterocycles. The fourth-order valence-electron chi connectivity index (χ4n) is 1.87. The number of aliphatic carboxylic acids is 1. The molecule has 8 nitrogen and oxygen atoms in total. The summed E-state index contributed by atoms with van der Waals surface area (Å²) in [6, 6.07) is -0.957. The molecule has 8 heteroatoms. The molecular formula is C9H12N4O4. The average Bonchev–Trinajstić information content (AvgIpc) is 2.86. The Hall–Kier alpha value is -1.96. The summed E-state index contributed by atoms with van der Waals surface area (Å²) in [6.07, 6.45) is 2.23. The van der Waals surface area contributed by atoms with Crippen molar-refractivity contribution in [3.8, 4) is 0 Å². The molecule has 0 unspecified atom stereocenters. The summed E-state index contributed by atoms with van der Waals surface area (Å²) in [5.41, 5.74) is 0. The Morgan fingerprint density at radius 3 is 2.82 bits per heavy atom. The smallest absolute Gasteiger partial charge is 0.326 e. The molecule has 2 N–H and O–H groups in total. The van der Waals surface area contributed by atoms with Gasteiger partial charge in [-0.25, -0.2) is 9.48 Å². The van der Waals surface area contributed by atoms with Gasteiger partial charge in [0, 0.05) is 19.2 Å². The molecule has 2 rings (SSSR count). The summed E-state index contributed by atoms with van der Waals surface area (Å²) in [6.45, 7) is -0.0268. The first-order chi connectivity index (χ1) is 8.08. The molecule has 0 saturated carbocycles. The molecule has 0 bridgehead atoms. The molecule has 1 fully saturated rings. The second-order valence-corrected chi connectivity index (χ2v) is 3.89. The quantitative estimate of drug-likeness (QED) is 0.653. The number of nitrogens with zero attached hydrogens (tertiary/aromatic N) is 4. The van der Waals surface area contributed by atoms with Crippen LogP contribution in [0.25, 0.3) is 0 Å². The number of aliphatic hydroxyl groups excluding tert-OH is 1. The minimum Gasteiger partial charge on any atom is -0.480 e. The van der Waals surface area contributed by atoms with Gasteiger partial charge in [0.15, 0.2) is 0 Å². The zero-order valence-electron chi connectivity index (χ0n) is 8.93. The fraction of sp³-hybridized carbons (Fsp3) is 0.556. The van der Waals surface area contributed by atoms with Crippen LogP contribution in [0.5, 0.6) is 0 Å². The highest BCUT2D eigenvalue weighted by molar-refractivity contribution is 5.84. The van der Waals surface area contributed by atoms with Gasteiger partial charge in [-0.05, 0) is 0 Å². The van der Waals surface area contributed by atoms with Gasteiger partial charge in [-0.3, -0.25) is 4.79 Å². The molecule has 92 valence electrons. The highest BCUT2D eigenvalue weighted by Crippen LogP contribution is 2.18. The lowest BCUT2D eigenvalue weighted by Crippen LogP contribution is -2.42. The van der Waals surface area contributed by atoms with E-state index in [-0.39, 0.29) is 25.4 Å². The van der Waals surface area contributed by atoms with Gasteiger partial charge in [0.05, 0.1) is 12.3 Å². The second-order valence-electron chi connectivity index (χ2n) is 3.89. The summed E-state index contributed by atoms with van der Waals surface area (Å²) >= 11 is 0. The van der Waals surface area contributed by atoms with E-state index in [0.717, 1.165) is 4.90 Å². The number of likely N-dealkylation sites (tertiary alicyclic amines) is 1. The Morgan fingerprint density at radius 1 is 1.47 bits per heavy atom. The number of aliphatic hydroxyl groups is 1. The summed E-state index contributed by atoms with van der Waals surface area (Å²) in [5.74, 6) is -1.49. The van der Waals surface area contributed by atoms with E-state index >= 15 is 0 Å². The number of carbonyl (C=O) groups excluding carboxylic acids is 1. The highest BCUT2D eigenvalue weighted by atomic mass is 16.4. The summed E-state index contributed by atoms with van der Waals surface area (Å²) in [4.78, 5) is 23.9. The maximum absolute atomic E-state index is 11.8. The van der Waals surface area contributed by atoms with E-state index in [9.17, 15) is 14.7 Å². The number of hydrogen-bond acceptors (Lipinski definition) is 5. The van der Waals surface area contributed by atoms with Crippen LogP contribution in [0.2, 0.25) is 0 Å². The molecule has 0 spiro atoms. The number of hydrogen-bond donors (Lipinski definition) is 2. The van der Waals surface area contributed by atoms with Crippen LogP contribution < -0.4 is 0 Å². The van der Waals surface area contributed by atoms with Crippen LogP contribution >= 0.6 is 0 Å². The van der Waals surface area contributed by atoms with Crippen LogP contribution in [0.3, 0.4) is 0 Å². The lowest BCUT2D eigenvalue weighted by atomic mass is 10.2. The largest absolute Gasteiger partial charge is 0.480 e. The molecule has 1 saturated heterocycles. The minimum absolute atomic E-state index is 0.0461. The van der Waals surface area contributed by atoms with Crippen LogP contribution in [0, 0.1) is 0 Å². The Bertz CT molecular complexity index is 419. The van der Waals surface area contributed by atoms with E-state index in [1.165, 1.54) is 17.1 Å². The zero-order chi connectivity index (χ0) is 12.4. The molecule has 0 aliphatic carbocycles. The third kappa shape index (κ3) is 2.41. The summed E-state index contributed by atoms with van der Waals surface area (Å²) in [5, 5.41) is 25.5. The number of β-amino-alcohol motifs (C(OH)–C–C–N with tert-alkyl or cyclic N) is 1. The third-order valence-electron chi connectivity index (χ3n) is 2.65. The molecule has 2 atom stereocenters. The van der Waals surface area contributed by atoms with Crippen molar-refractivity contribution in [1.82, 2.24) is 19.9 Å². The van der Waals surface area contributed by atoms with Crippen molar-refractivity contribution in [2.24, 2.45) is 0 Å². The Kier molecular flexibility index (Phi) is 3.05. The number of carbonyl (C=O) groups is 2. The van der Waals surface area contributed by atoms with Crippen molar-refractivity contribution in [3.63, 3.8) is 0 Å². The van der Waals surface area contributed by atoms with Gasteiger partial charge in [0.2, 0.25) is 5.91 Å². The molecule has 1 aliphatic rings. The van der Waals surface area contributed by atoms with Crippen LogP contribution in [-0.4, -0.2) is 60.7 Å². The fourth-order valence-corrected chi connectivity index (χ4v) is 1.87. The van der Waals surface area contributed by atoms with Crippen molar-refractivity contribution in [3.05, 3.63) is 12.4 Å². The number of amides is 1. The average molecular weight is 240 g/mol. The van der Waals surface area contributed by atoms with E-state index in [0.29, 0.717) is 0 Å². The van der Waals surface area contributed by atoms with E-state index in [1.54, 1.807) is 0 Å². The SMILES string of the molecule is O=C(O)[C@H]1C[C@@H](O)CN1C(=O)Cn1ccnn1. The molecule has 2 heterocycles. The Morgan fingerprint density at radius 2 is 2.24 bits per heavy atom. The standard InChI is InChI=1S/C9H12N4O4/c14-6-3-7(9(16)17)13(4-6)8(15)5-12-2-1-10-11-12/h1-2,6-7,14H,3-5H2,(H,16,17)/t6-,7-/m1/s1. The summed E-state index contributed by atoms with van der Waals surface area (Å²) < 4.78 is 1.31. The Balaban J connectivity index is 2.05. The molecule has 1 amide bonds. The number of carboxylic acids is 1. The van der Waals surface area contributed by atoms with Gasteiger partial charge >= 0.3 is 5.97 Å². The van der Waals surface area contributed by atoms with Crippen molar-refractivity contribution in [2.45, 2.75) is 25.1 Å². The predicted molar refractivity (Wildman–Crippen MR) is 53.8 cm³/mol. The van der Waals surface area contributed by atoms with Gasteiger partial charge < -0.3 is 15.1 Å². The minimum atomic E-state index is -1.10. The number of aromatic nitrogens is 3. The van der Waals surface area contributed by atoms with E-state index in [4.69, 9.17) is 5.11 Å². The monoisotopic (exact) mass is 240 g/mol. The molecule has 17 heavy (non-hydrogen) atoms. The first-order valence-electron chi connectivity index (χ1n) is 5.12. The third-order valence-corrected chi connectivity index (χ3v) is 2.65. The van der Waals surface area contributed by atoms with Crippen molar-refractivity contribution >= 4 is 11.9 Å². The van der Waals surface area contributed by atoms with Crippen molar-refractivity contribution in [2.75, 3.05) is 6.54 Å². The Labute approximate surface area is 96.4 Å². The molecule has 0 radical (unpaired) electrons. The van der Waals surface area contributed by atoms with Gasteiger partial charge in [-0.1, -0.05) is 5.21 Å². The van der Waals surface area contributed by atoms with Gasteiger partial charge in [-0.15, -0.1) is 5.10 Å². The first kappa shape index (κ1) is 11.5. The normalized spacial score (nSPS) is 23.9. The highest BCUT2D eigenvalue weighted by Gasteiger charge is 2.38. The summed E-state index contributed by atoms with van der Waals surface area (Å²) in [7, 11) is 0. The molecular weight excluding hydrogens is 228 g/mol. The zero-order valence-corrected chi connectivity index (χ0v) is 8.93. The van der Waals surface area contributed by atoms with Crippen LogP contribution in [0.1, 0.15) is 6.42 Å². The van der Waals surface area contributed by atoms with Gasteiger partial charge in [0.25, 0.3) is 0 Å². The topological polar surface area (TPSA) is 109 Å². The predicted octanol–water partition coefficient (Wildman–Crippen LogP) is -1.68. The van der Waals surface area contributed by atoms with Crippen molar-refractivity contribution < 1.29 is 19.8 Å².